The molecule has 1 amide bonds. The first-order valence-electron chi connectivity index (χ1n) is 15.0. The van der Waals surface area contributed by atoms with E-state index in [1.807, 2.05) is 36.4 Å². The highest BCUT2D eigenvalue weighted by atomic mass is 16.6. The second-order valence-corrected chi connectivity index (χ2v) is 10.3. The fourth-order valence-electron chi connectivity index (χ4n) is 4.35. The summed E-state index contributed by atoms with van der Waals surface area (Å²) in [7, 11) is 2.05. The first-order valence-corrected chi connectivity index (χ1v) is 15.0. The van der Waals surface area contributed by atoms with Crippen LogP contribution in [-0.4, -0.2) is 57.0 Å². The number of rotatable bonds is 23. The van der Waals surface area contributed by atoms with Gasteiger partial charge in [0, 0.05) is 26.3 Å². The molecule has 0 aromatic heterocycles. The van der Waals surface area contributed by atoms with Gasteiger partial charge in [-0.1, -0.05) is 93.3 Å². The molecule has 6 nitrogen and oxygen atoms in total. The molecule has 0 aliphatic carbocycles. The molecular weight excluding hydrogens is 488 g/mol. The smallest absolute Gasteiger partial charge is 0.407 e. The van der Waals surface area contributed by atoms with Crippen LogP contribution in [0.25, 0.3) is 0 Å². The molecule has 2 rings (SSSR count). The Hall–Kier alpha value is -2.41. The number of unbranched alkanes of at least 4 members (excludes halogenated alkanes) is 6. The van der Waals surface area contributed by atoms with Crippen LogP contribution in [0.5, 0.6) is 0 Å². The summed E-state index contributed by atoms with van der Waals surface area (Å²) in [6.45, 7) is 7.46. The summed E-state index contributed by atoms with van der Waals surface area (Å²) in [6.07, 6.45) is 10.4. The van der Waals surface area contributed by atoms with Crippen LogP contribution in [0.3, 0.4) is 0 Å². The maximum Gasteiger partial charge on any atom is 0.407 e. The van der Waals surface area contributed by atoms with Crippen molar-refractivity contribution < 1.29 is 19.0 Å². The fourth-order valence-corrected chi connectivity index (χ4v) is 4.35. The van der Waals surface area contributed by atoms with E-state index in [0.717, 1.165) is 90.5 Å². The standard InChI is InChI=1S/C33H52N2O4/c1-3-35(2)25-24-34-33(36)39-32(22-14-4-6-16-26-37-28-30-18-10-8-11-19-30)23-15-5-7-17-27-38-29-31-20-12-9-13-21-31/h8-13,18-21,32H,3-7,14-17,22-29H2,1-2H3,(H,34,36). The molecular formula is C33H52N2O4. The average molecular weight is 541 g/mol. The van der Waals surface area contributed by atoms with Gasteiger partial charge in [0.2, 0.25) is 0 Å². The van der Waals surface area contributed by atoms with Crippen LogP contribution in [0.15, 0.2) is 60.7 Å². The van der Waals surface area contributed by atoms with E-state index in [4.69, 9.17) is 14.2 Å². The number of amides is 1. The van der Waals surface area contributed by atoms with Crippen LogP contribution in [-0.2, 0) is 27.4 Å². The van der Waals surface area contributed by atoms with Crippen molar-refractivity contribution in [3.05, 3.63) is 71.8 Å². The number of benzene rings is 2. The maximum atomic E-state index is 12.4. The van der Waals surface area contributed by atoms with Crippen LogP contribution >= 0.6 is 0 Å². The summed E-state index contributed by atoms with van der Waals surface area (Å²) in [5.74, 6) is 0. The van der Waals surface area contributed by atoms with Crippen molar-refractivity contribution in [1.29, 1.82) is 0 Å². The zero-order valence-electron chi connectivity index (χ0n) is 24.5. The summed E-state index contributed by atoms with van der Waals surface area (Å²) in [5, 5.41) is 2.92. The number of ether oxygens (including phenoxy) is 3. The van der Waals surface area contributed by atoms with Gasteiger partial charge in [0.15, 0.2) is 0 Å². The summed E-state index contributed by atoms with van der Waals surface area (Å²) in [4.78, 5) is 14.6. The third-order valence-electron chi connectivity index (χ3n) is 6.93. The molecule has 0 heterocycles. The van der Waals surface area contributed by atoms with Crippen molar-refractivity contribution in [3.8, 4) is 0 Å². The monoisotopic (exact) mass is 540 g/mol. The van der Waals surface area contributed by atoms with Gasteiger partial charge in [0.25, 0.3) is 0 Å². The van der Waals surface area contributed by atoms with E-state index in [1.165, 1.54) is 11.1 Å². The van der Waals surface area contributed by atoms with Crippen molar-refractivity contribution in [2.45, 2.75) is 90.4 Å². The van der Waals surface area contributed by atoms with Crippen molar-refractivity contribution in [3.63, 3.8) is 0 Å². The minimum Gasteiger partial charge on any atom is -0.446 e. The Bertz CT molecular complexity index is 779. The minimum absolute atomic E-state index is 0.0161. The highest BCUT2D eigenvalue weighted by molar-refractivity contribution is 5.67. The number of nitrogens with one attached hydrogen (secondary N) is 1. The van der Waals surface area contributed by atoms with E-state index in [-0.39, 0.29) is 12.2 Å². The molecule has 0 fully saturated rings. The molecule has 0 radical (unpaired) electrons. The van der Waals surface area contributed by atoms with Gasteiger partial charge >= 0.3 is 6.09 Å². The Morgan fingerprint density at radius 1 is 0.744 bits per heavy atom. The molecule has 0 atom stereocenters. The molecule has 2 aromatic carbocycles. The van der Waals surface area contributed by atoms with Gasteiger partial charge in [-0.3, -0.25) is 0 Å². The fraction of sp³-hybridized carbons (Fsp3) is 0.606. The molecule has 0 bridgehead atoms. The summed E-state index contributed by atoms with van der Waals surface area (Å²) < 4.78 is 17.4. The van der Waals surface area contributed by atoms with Crippen LogP contribution < -0.4 is 5.32 Å². The zero-order chi connectivity index (χ0) is 27.8. The second kappa shape index (κ2) is 22.4. The average Bonchev–Trinajstić information content (AvgIpc) is 2.96. The summed E-state index contributed by atoms with van der Waals surface area (Å²) in [5.41, 5.74) is 2.44. The lowest BCUT2D eigenvalue weighted by Crippen LogP contribution is -2.35. The Balaban J connectivity index is 1.57. The lowest BCUT2D eigenvalue weighted by molar-refractivity contribution is 0.0827. The quantitative estimate of drug-likeness (QED) is 0.149. The Morgan fingerprint density at radius 3 is 1.72 bits per heavy atom. The Morgan fingerprint density at radius 2 is 1.23 bits per heavy atom. The Labute approximate surface area is 237 Å². The third-order valence-corrected chi connectivity index (χ3v) is 6.93. The number of alkyl carbamates (subject to hydrolysis) is 1. The molecule has 0 saturated carbocycles. The van der Waals surface area contributed by atoms with E-state index in [9.17, 15) is 4.79 Å². The minimum atomic E-state index is -0.284. The van der Waals surface area contributed by atoms with E-state index in [1.54, 1.807) is 0 Å². The predicted octanol–water partition coefficient (Wildman–Crippen LogP) is 7.37. The van der Waals surface area contributed by atoms with Crippen molar-refractivity contribution in [2.75, 3.05) is 39.9 Å². The zero-order valence-corrected chi connectivity index (χ0v) is 24.5. The van der Waals surface area contributed by atoms with E-state index in [2.05, 4.69) is 48.5 Å². The van der Waals surface area contributed by atoms with Crippen LogP contribution in [0, 0.1) is 0 Å². The highest BCUT2D eigenvalue weighted by Crippen LogP contribution is 2.16. The molecule has 2 aromatic rings. The van der Waals surface area contributed by atoms with Gasteiger partial charge in [-0.15, -0.1) is 0 Å². The van der Waals surface area contributed by atoms with E-state index >= 15 is 0 Å². The number of likely N-dealkylation sites (N-methyl/N-ethyl adjacent to an activating group) is 1. The molecule has 1 N–H and O–H groups in total. The van der Waals surface area contributed by atoms with Gasteiger partial charge in [-0.05, 0) is 63.2 Å². The van der Waals surface area contributed by atoms with Crippen molar-refractivity contribution in [1.82, 2.24) is 10.2 Å². The predicted molar refractivity (Wildman–Crippen MR) is 160 cm³/mol. The first kappa shape index (κ1) is 32.8. The molecule has 0 aliphatic rings. The summed E-state index contributed by atoms with van der Waals surface area (Å²) >= 11 is 0. The normalized spacial score (nSPS) is 11.3. The molecule has 218 valence electrons. The number of hydrogen-bond acceptors (Lipinski definition) is 5. The number of nitrogens with zero attached hydrogens (tertiary/aromatic N) is 1. The lowest BCUT2D eigenvalue weighted by atomic mass is 10.0. The van der Waals surface area contributed by atoms with Crippen molar-refractivity contribution in [2.24, 2.45) is 0 Å². The van der Waals surface area contributed by atoms with E-state index in [0.29, 0.717) is 19.8 Å². The summed E-state index contributed by atoms with van der Waals surface area (Å²) in [6, 6.07) is 20.6. The molecule has 0 spiro atoms. The van der Waals surface area contributed by atoms with Gasteiger partial charge in [-0.2, -0.15) is 0 Å². The Kier molecular flexibility index (Phi) is 18.8. The molecule has 0 saturated heterocycles. The molecule has 39 heavy (non-hydrogen) atoms. The van der Waals surface area contributed by atoms with Crippen LogP contribution in [0.1, 0.15) is 82.3 Å². The third kappa shape index (κ3) is 17.7. The van der Waals surface area contributed by atoms with Crippen LogP contribution in [0.2, 0.25) is 0 Å². The molecule has 0 aliphatic heterocycles. The van der Waals surface area contributed by atoms with Crippen LogP contribution in [0.4, 0.5) is 4.79 Å². The largest absolute Gasteiger partial charge is 0.446 e. The van der Waals surface area contributed by atoms with Gasteiger partial charge < -0.3 is 24.4 Å². The van der Waals surface area contributed by atoms with E-state index < -0.39 is 0 Å². The van der Waals surface area contributed by atoms with Gasteiger partial charge in [0.05, 0.1) is 13.2 Å². The van der Waals surface area contributed by atoms with Crippen molar-refractivity contribution >= 4 is 6.09 Å². The first-order chi connectivity index (χ1) is 19.2. The lowest BCUT2D eigenvalue weighted by Gasteiger charge is -2.19. The number of hydrogen-bond donors (Lipinski definition) is 1. The SMILES string of the molecule is CCN(C)CCNC(=O)OC(CCCCCCOCc1ccccc1)CCCCCCOCc1ccccc1. The molecule has 0 unspecified atom stereocenters. The number of carbonyl (C=O) groups is 1. The van der Waals surface area contributed by atoms with Gasteiger partial charge in [-0.25, -0.2) is 4.79 Å². The molecule has 6 heteroatoms. The second-order valence-electron chi connectivity index (χ2n) is 10.3. The number of carbonyl (C=O) groups excluding carboxylic acids is 1. The maximum absolute atomic E-state index is 12.4. The topological polar surface area (TPSA) is 60.0 Å². The highest BCUT2D eigenvalue weighted by Gasteiger charge is 2.14. The van der Waals surface area contributed by atoms with Gasteiger partial charge in [0.1, 0.15) is 6.10 Å².